The summed E-state index contributed by atoms with van der Waals surface area (Å²) < 4.78 is 47.9. The number of amides is 2. The quantitative estimate of drug-likeness (QED) is 0.445. The normalized spacial score (nSPS) is 26.2. The first kappa shape index (κ1) is 30.7. The summed E-state index contributed by atoms with van der Waals surface area (Å²) in [5.41, 5.74) is 0.0446. The highest BCUT2D eigenvalue weighted by atomic mass is 19.4. The minimum absolute atomic E-state index is 0.0384. The van der Waals surface area contributed by atoms with E-state index in [1.165, 1.54) is 4.90 Å². The summed E-state index contributed by atoms with van der Waals surface area (Å²) in [7, 11) is 0. The van der Waals surface area contributed by atoms with Crippen molar-refractivity contribution < 1.29 is 27.5 Å². The standard InChI is InChI=1S/C33H42F3N5O3/c1-3-23-20-40(31(43)32(14-7-15-32)33(34,35)36)18-19-41(23)27-11-10-25(24-8-5-6-9-28(24)44-4-2)37-29(27)30(42)38-26-21-39-16-12-22(26)13-17-39/h5-6,8-11,22-23,26H,3-4,7,12-21H2,1-2H3,(H,38,42). The number of hydrogen-bond donors (Lipinski definition) is 1. The monoisotopic (exact) mass is 613 g/mol. The Balaban J connectivity index is 1.31. The van der Waals surface area contributed by atoms with Crippen LogP contribution in [0.15, 0.2) is 36.4 Å². The Morgan fingerprint density at radius 3 is 2.39 bits per heavy atom. The van der Waals surface area contributed by atoms with Gasteiger partial charge in [0.2, 0.25) is 5.91 Å². The largest absolute Gasteiger partial charge is 0.493 e. The van der Waals surface area contributed by atoms with Crippen molar-refractivity contribution in [1.29, 1.82) is 0 Å². The number of halogens is 3. The molecule has 5 heterocycles. The molecule has 1 aliphatic carbocycles. The molecule has 2 aromatic rings. The Kier molecular flexibility index (Phi) is 8.52. The van der Waals surface area contributed by atoms with Gasteiger partial charge in [0.05, 0.1) is 18.0 Å². The van der Waals surface area contributed by atoms with Crippen LogP contribution in [0.25, 0.3) is 11.3 Å². The molecule has 1 aromatic heterocycles. The number of fused-ring (bicyclic) bond motifs is 3. The summed E-state index contributed by atoms with van der Waals surface area (Å²) >= 11 is 0. The van der Waals surface area contributed by atoms with Crippen molar-refractivity contribution in [1.82, 2.24) is 20.1 Å². The third-order valence-corrected chi connectivity index (χ3v) is 10.2. The zero-order chi connectivity index (χ0) is 31.1. The van der Waals surface area contributed by atoms with Gasteiger partial charge in [0, 0.05) is 43.8 Å². The lowest BCUT2D eigenvalue weighted by atomic mass is 9.67. The molecule has 2 amide bonds. The molecule has 0 radical (unpaired) electrons. The number of nitrogens with one attached hydrogen (secondary N) is 1. The number of pyridine rings is 1. The van der Waals surface area contributed by atoms with Gasteiger partial charge in [-0.2, -0.15) is 13.2 Å². The van der Waals surface area contributed by atoms with Crippen LogP contribution in [0.5, 0.6) is 5.75 Å². The number of ether oxygens (including phenoxy) is 1. The Hall–Kier alpha value is -3.34. The van der Waals surface area contributed by atoms with Gasteiger partial charge < -0.3 is 24.8 Å². The van der Waals surface area contributed by atoms with Gasteiger partial charge >= 0.3 is 6.18 Å². The highest BCUT2D eigenvalue weighted by molar-refractivity contribution is 5.99. The second-order valence-electron chi connectivity index (χ2n) is 12.7. The fourth-order valence-corrected chi connectivity index (χ4v) is 7.48. The molecule has 44 heavy (non-hydrogen) atoms. The summed E-state index contributed by atoms with van der Waals surface area (Å²) in [5, 5.41) is 3.29. The smallest absolute Gasteiger partial charge is 0.403 e. The minimum atomic E-state index is -4.56. The number of aromatic nitrogens is 1. The van der Waals surface area contributed by atoms with E-state index in [4.69, 9.17) is 9.72 Å². The molecule has 0 spiro atoms. The maximum absolute atomic E-state index is 14.1. The highest BCUT2D eigenvalue weighted by Crippen LogP contribution is 2.54. The third-order valence-electron chi connectivity index (χ3n) is 10.2. The maximum Gasteiger partial charge on any atom is 0.403 e. The van der Waals surface area contributed by atoms with E-state index >= 15 is 0 Å². The van der Waals surface area contributed by atoms with Crippen molar-refractivity contribution in [3.05, 3.63) is 42.1 Å². The van der Waals surface area contributed by atoms with Crippen LogP contribution in [0.3, 0.4) is 0 Å². The number of alkyl halides is 3. The van der Waals surface area contributed by atoms with Crippen LogP contribution in [0, 0.1) is 11.3 Å². The van der Waals surface area contributed by atoms with Crippen LogP contribution in [-0.2, 0) is 4.79 Å². The molecule has 4 saturated heterocycles. The van der Waals surface area contributed by atoms with E-state index in [1.54, 1.807) is 0 Å². The van der Waals surface area contributed by atoms with Crippen molar-refractivity contribution in [3.8, 4) is 17.0 Å². The molecule has 5 aliphatic rings. The van der Waals surface area contributed by atoms with Crippen LogP contribution in [0.4, 0.5) is 18.9 Å². The Morgan fingerprint density at radius 2 is 1.77 bits per heavy atom. The van der Waals surface area contributed by atoms with Gasteiger partial charge in [-0.3, -0.25) is 9.59 Å². The van der Waals surface area contributed by atoms with E-state index in [0.29, 0.717) is 49.0 Å². The number of piperazine rings is 1. The molecule has 4 aliphatic heterocycles. The topological polar surface area (TPSA) is 78.0 Å². The first-order chi connectivity index (χ1) is 21.1. The summed E-state index contributed by atoms with van der Waals surface area (Å²) in [5.74, 6) is 0.0378. The molecular formula is C33H42F3N5O3. The number of anilines is 1. The van der Waals surface area contributed by atoms with Crippen LogP contribution >= 0.6 is 0 Å². The summed E-state index contributed by atoms with van der Waals surface area (Å²) in [6, 6.07) is 11.1. The molecule has 2 bridgehead atoms. The van der Waals surface area contributed by atoms with E-state index in [2.05, 4.69) is 15.1 Å². The van der Waals surface area contributed by atoms with Gasteiger partial charge in [-0.05, 0) is 82.3 Å². The number of nitrogens with zero attached hydrogens (tertiary/aromatic N) is 4. The van der Waals surface area contributed by atoms with E-state index in [0.717, 1.165) is 38.0 Å². The third kappa shape index (κ3) is 5.52. The number of carbonyl (C=O) groups excluding carboxylic acids is 2. The Bertz CT molecular complexity index is 1370. The van der Waals surface area contributed by atoms with Crippen molar-refractivity contribution in [3.63, 3.8) is 0 Å². The van der Waals surface area contributed by atoms with E-state index < -0.39 is 17.5 Å². The fraction of sp³-hybridized carbons (Fsp3) is 0.606. The van der Waals surface area contributed by atoms with Crippen LogP contribution in [0.2, 0.25) is 0 Å². The second kappa shape index (κ2) is 12.2. The summed E-state index contributed by atoms with van der Waals surface area (Å²) in [4.78, 5) is 38.1. The Morgan fingerprint density at radius 1 is 1.02 bits per heavy atom. The minimum Gasteiger partial charge on any atom is -0.493 e. The van der Waals surface area contributed by atoms with Crippen LogP contribution in [-0.4, -0.2) is 90.7 Å². The average molecular weight is 614 g/mol. The SMILES string of the molecule is CCOc1ccccc1-c1ccc(N2CCN(C(=O)C3(C(F)(F)F)CCC3)CC2CC)c(C(=O)NC2CN3CCC2CC3)n1. The predicted molar refractivity (Wildman–Crippen MR) is 162 cm³/mol. The van der Waals surface area contributed by atoms with E-state index in [9.17, 15) is 22.8 Å². The van der Waals surface area contributed by atoms with Gasteiger partial charge in [0.1, 0.15) is 11.2 Å². The molecule has 8 nitrogen and oxygen atoms in total. The first-order valence-electron chi connectivity index (χ1n) is 16.0. The van der Waals surface area contributed by atoms with Gasteiger partial charge in [-0.1, -0.05) is 25.5 Å². The number of carbonyl (C=O) groups is 2. The van der Waals surface area contributed by atoms with Gasteiger partial charge in [-0.15, -0.1) is 0 Å². The average Bonchev–Trinajstić information content (AvgIpc) is 3.00. The number of hydrogen-bond acceptors (Lipinski definition) is 6. The van der Waals surface area contributed by atoms with Gasteiger partial charge in [-0.25, -0.2) is 4.98 Å². The molecule has 238 valence electrons. The lowest BCUT2D eigenvalue weighted by Gasteiger charge is -2.49. The first-order valence-corrected chi connectivity index (χ1v) is 16.0. The van der Waals surface area contributed by atoms with Gasteiger partial charge in [0.25, 0.3) is 5.91 Å². The van der Waals surface area contributed by atoms with E-state index in [1.807, 2.05) is 50.2 Å². The van der Waals surface area contributed by atoms with Crippen molar-refractivity contribution in [2.45, 2.75) is 70.6 Å². The van der Waals surface area contributed by atoms with Gasteiger partial charge in [0.15, 0.2) is 5.69 Å². The summed E-state index contributed by atoms with van der Waals surface area (Å²) in [6.07, 6.45) is -1.74. The zero-order valence-electron chi connectivity index (χ0n) is 25.5. The maximum atomic E-state index is 14.1. The molecule has 2 unspecified atom stereocenters. The van der Waals surface area contributed by atoms with Crippen LogP contribution in [0.1, 0.15) is 62.9 Å². The molecule has 11 heteroatoms. The Labute approximate surface area is 256 Å². The molecule has 1 saturated carbocycles. The molecular weight excluding hydrogens is 571 g/mol. The zero-order valence-corrected chi connectivity index (χ0v) is 25.5. The second-order valence-corrected chi connectivity index (χ2v) is 12.7. The molecule has 1 N–H and O–H groups in total. The number of piperidine rings is 3. The van der Waals surface area contributed by atoms with E-state index in [-0.39, 0.29) is 49.6 Å². The molecule has 5 fully saturated rings. The van der Waals surface area contributed by atoms with Crippen molar-refractivity contribution in [2.75, 3.05) is 50.8 Å². The van der Waals surface area contributed by atoms with Crippen LogP contribution < -0.4 is 15.0 Å². The summed E-state index contributed by atoms with van der Waals surface area (Å²) in [6.45, 7) is 7.93. The lowest BCUT2D eigenvalue weighted by Crippen LogP contribution is -2.62. The fourth-order valence-electron chi connectivity index (χ4n) is 7.48. The molecule has 7 rings (SSSR count). The predicted octanol–water partition coefficient (Wildman–Crippen LogP) is 5.13. The number of rotatable bonds is 8. The van der Waals surface area contributed by atoms with Crippen molar-refractivity contribution in [2.24, 2.45) is 11.3 Å². The number of para-hydroxylation sites is 1. The van der Waals surface area contributed by atoms with Crippen molar-refractivity contribution >= 4 is 17.5 Å². The molecule has 1 aromatic carbocycles. The highest BCUT2D eigenvalue weighted by Gasteiger charge is 2.64. The molecule has 2 atom stereocenters. The lowest BCUT2D eigenvalue weighted by molar-refractivity contribution is -0.248. The number of benzene rings is 1.